The van der Waals surface area contributed by atoms with E-state index in [-0.39, 0.29) is 0 Å². The van der Waals surface area contributed by atoms with Crippen LogP contribution in [0.15, 0.2) is 12.3 Å². The third-order valence-electron chi connectivity index (χ3n) is 4.84. The van der Waals surface area contributed by atoms with Gasteiger partial charge in [-0.05, 0) is 50.0 Å². The Morgan fingerprint density at radius 3 is 2.60 bits per heavy atom. The molecule has 1 heterocycles. The van der Waals surface area contributed by atoms with E-state index in [0.717, 1.165) is 31.8 Å². The zero-order valence-electron chi connectivity index (χ0n) is 13.7. The Morgan fingerprint density at radius 2 is 2.05 bits per heavy atom. The molecule has 0 saturated heterocycles. The van der Waals surface area contributed by atoms with E-state index in [1.165, 1.54) is 25.0 Å². The highest BCUT2D eigenvalue weighted by atomic mass is 15.3. The van der Waals surface area contributed by atoms with E-state index in [1.54, 1.807) is 0 Å². The molecular formula is C17H31N3. The third kappa shape index (κ3) is 4.08. The zero-order chi connectivity index (χ0) is 14.6. The van der Waals surface area contributed by atoms with E-state index >= 15 is 0 Å². The van der Waals surface area contributed by atoms with Crippen molar-refractivity contribution in [3.63, 3.8) is 0 Å². The van der Waals surface area contributed by atoms with Crippen LogP contribution in [0.25, 0.3) is 0 Å². The minimum absolute atomic E-state index is 0.329. The first-order chi connectivity index (χ1) is 9.60. The number of nitrogens with zero attached hydrogens (tertiary/aromatic N) is 2. The number of hydrogen-bond acceptors (Lipinski definition) is 2. The predicted molar refractivity (Wildman–Crippen MR) is 85.0 cm³/mol. The molecule has 1 saturated carbocycles. The van der Waals surface area contributed by atoms with Crippen LogP contribution in [0.4, 0.5) is 0 Å². The SMILES string of the molecule is CCC(CC)n1ccc(CC(C)(CC)CNC2CC2)n1. The van der Waals surface area contributed by atoms with Crippen molar-refractivity contribution in [3.8, 4) is 0 Å². The standard InChI is InChI=1S/C17H31N3/c1-5-16(6-2)20-11-10-15(19-20)12-17(4,7-3)13-18-14-8-9-14/h10-11,14,16,18H,5-9,12-13H2,1-4H3. The lowest BCUT2D eigenvalue weighted by Gasteiger charge is -2.28. The van der Waals surface area contributed by atoms with E-state index < -0.39 is 0 Å². The maximum Gasteiger partial charge on any atom is 0.0630 e. The molecule has 0 amide bonds. The molecule has 0 spiro atoms. The van der Waals surface area contributed by atoms with Crippen LogP contribution in [-0.2, 0) is 6.42 Å². The normalized spacial score (nSPS) is 18.4. The van der Waals surface area contributed by atoms with Crippen LogP contribution in [0.2, 0.25) is 0 Å². The molecule has 1 N–H and O–H groups in total. The van der Waals surface area contributed by atoms with Crippen LogP contribution in [0.5, 0.6) is 0 Å². The molecular weight excluding hydrogens is 246 g/mol. The monoisotopic (exact) mass is 277 g/mol. The maximum atomic E-state index is 4.82. The molecule has 20 heavy (non-hydrogen) atoms. The molecule has 1 fully saturated rings. The van der Waals surface area contributed by atoms with Crippen molar-refractivity contribution in [3.05, 3.63) is 18.0 Å². The lowest BCUT2D eigenvalue weighted by atomic mass is 9.82. The second-order valence-electron chi connectivity index (χ2n) is 6.75. The minimum atomic E-state index is 0.329. The summed E-state index contributed by atoms with van der Waals surface area (Å²) in [6, 6.07) is 3.56. The van der Waals surface area contributed by atoms with Crippen LogP contribution in [-0.4, -0.2) is 22.4 Å². The highest BCUT2D eigenvalue weighted by Gasteiger charge is 2.28. The molecule has 1 aromatic rings. The van der Waals surface area contributed by atoms with Gasteiger partial charge in [0.2, 0.25) is 0 Å². The smallest absolute Gasteiger partial charge is 0.0630 e. The topological polar surface area (TPSA) is 29.9 Å². The Bertz CT molecular complexity index is 404. The lowest BCUT2D eigenvalue weighted by molar-refractivity contribution is 0.284. The molecule has 1 aliphatic rings. The van der Waals surface area contributed by atoms with Crippen molar-refractivity contribution < 1.29 is 0 Å². The first-order valence-electron chi connectivity index (χ1n) is 8.37. The average Bonchev–Trinajstić information content (AvgIpc) is 3.18. The van der Waals surface area contributed by atoms with Gasteiger partial charge in [-0.3, -0.25) is 4.68 Å². The fourth-order valence-corrected chi connectivity index (χ4v) is 2.77. The zero-order valence-corrected chi connectivity index (χ0v) is 13.7. The van der Waals surface area contributed by atoms with Gasteiger partial charge in [-0.25, -0.2) is 0 Å². The Hall–Kier alpha value is -0.830. The van der Waals surface area contributed by atoms with Gasteiger partial charge in [-0.2, -0.15) is 5.10 Å². The summed E-state index contributed by atoms with van der Waals surface area (Å²) in [5.41, 5.74) is 1.58. The number of hydrogen-bond donors (Lipinski definition) is 1. The van der Waals surface area contributed by atoms with Gasteiger partial charge in [0.05, 0.1) is 11.7 Å². The Labute approximate surface area is 124 Å². The highest BCUT2D eigenvalue weighted by molar-refractivity contribution is 5.04. The summed E-state index contributed by atoms with van der Waals surface area (Å²) in [5, 5.41) is 8.50. The van der Waals surface area contributed by atoms with Crippen molar-refractivity contribution in [2.45, 2.75) is 78.3 Å². The second kappa shape index (κ2) is 6.75. The fourth-order valence-electron chi connectivity index (χ4n) is 2.77. The summed E-state index contributed by atoms with van der Waals surface area (Å²) in [6.45, 7) is 10.3. The largest absolute Gasteiger partial charge is 0.313 e. The maximum absolute atomic E-state index is 4.82. The quantitative estimate of drug-likeness (QED) is 0.740. The van der Waals surface area contributed by atoms with Crippen molar-refractivity contribution in [1.82, 2.24) is 15.1 Å². The van der Waals surface area contributed by atoms with Gasteiger partial charge in [-0.1, -0.05) is 27.7 Å². The fraction of sp³-hybridized carbons (Fsp3) is 0.824. The Balaban J connectivity index is 1.95. The van der Waals surface area contributed by atoms with E-state index in [0.29, 0.717) is 11.5 Å². The van der Waals surface area contributed by atoms with Gasteiger partial charge >= 0.3 is 0 Å². The minimum Gasteiger partial charge on any atom is -0.313 e. The molecule has 0 aliphatic heterocycles. The molecule has 0 aromatic carbocycles. The van der Waals surface area contributed by atoms with Gasteiger partial charge < -0.3 is 5.32 Å². The van der Waals surface area contributed by atoms with Gasteiger partial charge in [0, 0.05) is 18.8 Å². The van der Waals surface area contributed by atoms with Gasteiger partial charge in [0.1, 0.15) is 0 Å². The van der Waals surface area contributed by atoms with Gasteiger partial charge in [0.25, 0.3) is 0 Å². The van der Waals surface area contributed by atoms with Crippen LogP contribution in [0.1, 0.15) is 71.5 Å². The molecule has 0 bridgehead atoms. The number of nitrogens with one attached hydrogen (secondary N) is 1. The van der Waals surface area contributed by atoms with E-state index in [9.17, 15) is 0 Å². The molecule has 3 heteroatoms. The summed E-state index contributed by atoms with van der Waals surface area (Å²) in [7, 11) is 0. The van der Waals surface area contributed by atoms with Crippen LogP contribution < -0.4 is 5.32 Å². The first kappa shape index (κ1) is 15.6. The third-order valence-corrected chi connectivity index (χ3v) is 4.84. The van der Waals surface area contributed by atoms with Crippen LogP contribution in [0.3, 0.4) is 0 Å². The molecule has 2 rings (SSSR count). The molecule has 1 aromatic heterocycles. The van der Waals surface area contributed by atoms with Crippen molar-refractivity contribution in [2.75, 3.05) is 6.54 Å². The van der Waals surface area contributed by atoms with Crippen LogP contribution in [0, 0.1) is 5.41 Å². The van der Waals surface area contributed by atoms with Crippen molar-refractivity contribution >= 4 is 0 Å². The summed E-state index contributed by atoms with van der Waals surface area (Å²) in [5.74, 6) is 0. The molecule has 1 aliphatic carbocycles. The van der Waals surface area contributed by atoms with Crippen molar-refractivity contribution in [2.24, 2.45) is 5.41 Å². The van der Waals surface area contributed by atoms with Gasteiger partial charge in [-0.15, -0.1) is 0 Å². The van der Waals surface area contributed by atoms with Gasteiger partial charge in [0.15, 0.2) is 0 Å². The summed E-state index contributed by atoms with van der Waals surface area (Å²) < 4.78 is 2.17. The lowest BCUT2D eigenvalue weighted by Crippen LogP contribution is -2.34. The first-order valence-corrected chi connectivity index (χ1v) is 8.37. The van der Waals surface area contributed by atoms with Crippen molar-refractivity contribution in [1.29, 1.82) is 0 Å². The molecule has 1 unspecified atom stereocenters. The molecule has 0 radical (unpaired) electrons. The molecule has 1 atom stereocenters. The number of aromatic nitrogens is 2. The summed E-state index contributed by atoms with van der Waals surface area (Å²) in [4.78, 5) is 0. The second-order valence-corrected chi connectivity index (χ2v) is 6.75. The summed E-state index contributed by atoms with van der Waals surface area (Å²) >= 11 is 0. The average molecular weight is 277 g/mol. The van der Waals surface area contributed by atoms with E-state index in [4.69, 9.17) is 5.10 Å². The predicted octanol–water partition coefficient (Wildman–Crippen LogP) is 3.96. The summed E-state index contributed by atoms with van der Waals surface area (Å²) in [6.07, 6.45) is 9.49. The Kier molecular flexibility index (Phi) is 5.25. The van der Waals surface area contributed by atoms with E-state index in [1.807, 2.05) is 0 Å². The molecule has 3 nitrogen and oxygen atoms in total. The highest BCUT2D eigenvalue weighted by Crippen LogP contribution is 2.28. The van der Waals surface area contributed by atoms with E-state index in [2.05, 4.69) is 50.0 Å². The number of rotatable bonds is 9. The Morgan fingerprint density at radius 1 is 1.35 bits per heavy atom. The molecule has 114 valence electrons. The van der Waals surface area contributed by atoms with Crippen LogP contribution >= 0.6 is 0 Å².